The maximum Gasteiger partial charge on any atom is 0.256 e. The Morgan fingerprint density at radius 1 is 1.09 bits per heavy atom. The maximum atomic E-state index is 14.1. The minimum absolute atomic E-state index is 0.157. The lowest BCUT2D eigenvalue weighted by Gasteiger charge is -2.09. The first-order chi connectivity index (χ1) is 16.3. The summed E-state index contributed by atoms with van der Waals surface area (Å²) in [4.78, 5) is 12.7. The molecular weight excluding hydrogens is 544 g/mol. The molecule has 0 bridgehead atoms. The number of benzene rings is 3. The van der Waals surface area contributed by atoms with Crippen molar-refractivity contribution in [3.63, 3.8) is 0 Å². The molecule has 3 aromatic carbocycles. The number of halogens is 4. The minimum Gasteiger partial charge on any atom is -0.487 e. The number of nitrogens with zero attached hydrogens (tertiary/aromatic N) is 2. The molecule has 0 aliphatic carbocycles. The van der Waals surface area contributed by atoms with Gasteiger partial charge in [-0.2, -0.15) is 5.10 Å². The molecule has 9 heteroatoms. The third kappa shape index (κ3) is 5.78. The van der Waals surface area contributed by atoms with Gasteiger partial charge >= 0.3 is 0 Å². The smallest absolute Gasteiger partial charge is 0.256 e. The fourth-order valence-corrected chi connectivity index (χ4v) is 4.21. The van der Waals surface area contributed by atoms with Crippen molar-refractivity contribution in [2.75, 3.05) is 5.32 Å². The molecule has 4 rings (SSSR count). The average molecular weight is 563 g/mol. The van der Waals surface area contributed by atoms with Crippen LogP contribution in [0, 0.1) is 12.7 Å². The lowest BCUT2D eigenvalue weighted by molar-refractivity contribution is 0.102. The molecule has 1 aromatic heterocycles. The highest BCUT2D eigenvalue weighted by Crippen LogP contribution is 2.28. The predicted octanol–water partition coefficient (Wildman–Crippen LogP) is 7.28. The van der Waals surface area contributed by atoms with Crippen LogP contribution in [0.5, 0.6) is 5.75 Å². The van der Waals surface area contributed by atoms with Gasteiger partial charge in [0.1, 0.15) is 18.2 Å². The lowest BCUT2D eigenvalue weighted by Crippen LogP contribution is -2.13. The van der Waals surface area contributed by atoms with Crippen LogP contribution in [0.25, 0.3) is 0 Å². The number of rotatable bonds is 7. The number of nitrogens with one attached hydrogen (secondary N) is 1. The molecule has 0 fully saturated rings. The molecule has 0 radical (unpaired) electrons. The van der Waals surface area contributed by atoms with E-state index in [1.165, 1.54) is 6.07 Å². The fraction of sp³-hybridized carbons (Fsp3) is 0.120. The first-order valence-corrected chi connectivity index (χ1v) is 11.8. The van der Waals surface area contributed by atoms with E-state index in [1.807, 2.05) is 25.1 Å². The SMILES string of the molecule is Cc1cc(NC(=O)c2ccc(COc3ccc(Br)cc3Cl)cc2)nn1Cc1c(F)cccc1Cl. The van der Waals surface area contributed by atoms with Gasteiger partial charge in [-0.3, -0.25) is 9.48 Å². The van der Waals surface area contributed by atoms with Gasteiger partial charge in [0, 0.05) is 32.4 Å². The highest BCUT2D eigenvalue weighted by Gasteiger charge is 2.13. The van der Waals surface area contributed by atoms with E-state index in [2.05, 4.69) is 26.3 Å². The third-order valence-corrected chi connectivity index (χ3v) is 6.24. The molecule has 0 saturated carbocycles. The number of carbonyl (C=O) groups is 1. The van der Waals surface area contributed by atoms with Gasteiger partial charge in [-0.05, 0) is 55.0 Å². The Balaban J connectivity index is 1.38. The molecular formula is C25H19BrCl2FN3O2. The maximum absolute atomic E-state index is 14.1. The van der Waals surface area contributed by atoms with Gasteiger partial charge in [0.15, 0.2) is 5.82 Å². The van der Waals surface area contributed by atoms with E-state index in [9.17, 15) is 9.18 Å². The van der Waals surface area contributed by atoms with Crippen LogP contribution in [-0.4, -0.2) is 15.7 Å². The Morgan fingerprint density at radius 2 is 1.85 bits per heavy atom. The van der Waals surface area contributed by atoms with Crippen LogP contribution >= 0.6 is 39.1 Å². The Bertz CT molecular complexity index is 1320. The quantitative estimate of drug-likeness (QED) is 0.257. The molecule has 5 nitrogen and oxygen atoms in total. The molecule has 1 amide bonds. The molecule has 0 spiro atoms. The number of amides is 1. The zero-order valence-corrected chi connectivity index (χ0v) is 21.1. The molecule has 0 saturated heterocycles. The molecule has 0 aliphatic heterocycles. The van der Waals surface area contributed by atoms with Crippen LogP contribution in [0.1, 0.15) is 27.2 Å². The number of carbonyl (C=O) groups excluding carboxylic acids is 1. The van der Waals surface area contributed by atoms with Crippen molar-refractivity contribution in [1.82, 2.24) is 9.78 Å². The summed E-state index contributed by atoms with van der Waals surface area (Å²) >= 11 is 15.6. The third-order valence-electron chi connectivity index (χ3n) is 5.10. The largest absolute Gasteiger partial charge is 0.487 e. The Hall–Kier alpha value is -2.87. The summed E-state index contributed by atoms with van der Waals surface area (Å²) in [7, 11) is 0. The van der Waals surface area contributed by atoms with E-state index in [4.69, 9.17) is 27.9 Å². The summed E-state index contributed by atoms with van der Waals surface area (Å²) in [6, 6.07) is 18.7. The van der Waals surface area contributed by atoms with Crippen LogP contribution < -0.4 is 10.1 Å². The topological polar surface area (TPSA) is 56.1 Å². The second kappa shape index (κ2) is 10.6. The van der Waals surface area contributed by atoms with E-state index < -0.39 is 5.82 Å². The molecule has 4 aromatic rings. The number of hydrogen-bond acceptors (Lipinski definition) is 3. The second-order valence-corrected chi connectivity index (χ2v) is 9.27. The number of ether oxygens (including phenoxy) is 1. The molecule has 0 unspecified atom stereocenters. The lowest BCUT2D eigenvalue weighted by atomic mass is 10.1. The average Bonchev–Trinajstić information content (AvgIpc) is 3.14. The van der Waals surface area contributed by atoms with Gasteiger partial charge in [0.2, 0.25) is 0 Å². The monoisotopic (exact) mass is 561 g/mol. The first kappa shape index (κ1) is 24.3. The van der Waals surface area contributed by atoms with Crippen LogP contribution in [0.15, 0.2) is 71.2 Å². The number of aromatic nitrogens is 2. The van der Waals surface area contributed by atoms with E-state index in [1.54, 1.807) is 47.1 Å². The zero-order valence-electron chi connectivity index (χ0n) is 18.0. The minimum atomic E-state index is -0.403. The Morgan fingerprint density at radius 3 is 2.56 bits per heavy atom. The van der Waals surface area contributed by atoms with Crippen LogP contribution in [0.2, 0.25) is 10.0 Å². The number of hydrogen-bond donors (Lipinski definition) is 1. The highest BCUT2D eigenvalue weighted by atomic mass is 79.9. The Kier molecular flexibility index (Phi) is 7.56. The summed E-state index contributed by atoms with van der Waals surface area (Å²) in [5, 5.41) is 7.98. The van der Waals surface area contributed by atoms with Gasteiger partial charge in [-0.1, -0.05) is 57.3 Å². The molecule has 0 aliphatic rings. The van der Waals surface area contributed by atoms with Crippen LogP contribution in [0.3, 0.4) is 0 Å². The summed E-state index contributed by atoms with van der Waals surface area (Å²) in [6.07, 6.45) is 0. The summed E-state index contributed by atoms with van der Waals surface area (Å²) < 4.78 is 22.3. The van der Waals surface area contributed by atoms with Gasteiger partial charge in [-0.15, -0.1) is 0 Å². The molecule has 1 heterocycles. The van der Waals surface area contributed by atoms with Crippen molar-refractivity contribution in [3.05, 3.63) is 109 Å². The van der Waals surface area contributed by atoms with Crippen LogP contribution in [0.4, 0.5) is 10.2 Å². The summed E-state index contributed by atoms with van der Waals surface area (Å²) in [5.41, 5.74) is 2.45. The van der Waals surface area contributed by atoms with Crippen molar-refractivity contribution in [2.45, 2.75) is 20.1 Å². The van der Waals surface area contributed by atoms with E-state index in [0.29, 0.717) is 39.3 Å². The summed E-state index contributed by atoms with van der Waals surface area (Å²) in [5.74, 6) is 0.234. The molecule has 0 atom stereocenters. The van der Waals surface area contributed by atoms with Gasteiger partial charge < -0.3 is 10.1 Å². The molecule has 174 valence electrons. The zero-order chi connectivity index (χ0) is 24.2. The predicted molar refractivity (Wildman–Crippen MR) is 135 cm³/mol. The second-order valence-electron chi connectivity index (χ2n) is 7.54. The first-order valence-electron chi connectivity index (χ1n) is 10.3. The van der Waals surface area contributed by atoms with Crippen molar-refractivity contribution < 1.29 is 13.9 Å². The van der Waals surface area contributed by atoms with Crippen molar-refractivity contribution in [1.29, 1.82) is 0 Å². The highest BCUT2D eigenvalue weighted by molar-refractivity contribution is 9.10. The van der Waals surface area contributed by atoms with Crippen molar-refractivity contribution in [2.24, 2.45) is 0 Å². The Labute approximate surface area is 214 Å². The molecule has 1 N–H and O–H groups in total. The number of aryl methyl sites for hydroxylation is 1. The van der Waals surface area contributed by atoms with E-state index >= 15 is 0 Å². The fourth-order valence-electron chi connectivity index (χ4n) is 3.26. The van der Waals surface area contributed by atoms with Crippen LogP contribution in [-0.2, 0) is 13.2 Å². The van der Waals surface area contributed by atoms with Crippen molar-refractivity contribution in [3.8, 4) is 5.75 Å². The molecule has 34 heavy (non-hydrogen) atoms. The summed E-state index contributed by atoms with van der Waals surface area (Å²) in [6.45, 7) is 2.29. The van der Waals surface area contributed by atoms with E-state index in [-0.39, 0.29) is 12.5 Å². The van der Waals surface area contributed by atoms with Gasteiger partial charge in [0.25, 0.3) is 5.91 Å². The van der Waals surface area contributed by atoms with E-state index in [0.717, 1.165) is 15.7 Å². The standard InChI is InChI=1S/C25H19BrCl2FN3O2/c1-15-11-24(31-32(15)13-19-20(27)3-2-4-22(19)29)30-25(33)17-7-5-16(6-8-17)14-34-23-10-9-18(26)12-21(23)28/h2-12H,13-14H2,1H3,(H,30,31,33). The number of anilines is 1. The van der Waals surface area contributed by atoms with Gasteiger partial charge in [0.05, 0.1) is 11.6 Å². The normalized spacial score (nSPS) is 10.9. The van der Waals surface area contributed by atoms with Crippen molar-refractivity contribution >= 4 is 50.9 Å². The van der Waals surface area contributed by atoms with Gasteiger partial charge in [-0.25, -0.2) is 4.39 Å².